The van der Waals surface area contributed by atoms with Crippen molar-refractivity contribution in [3.8, 4) is 5.75 Å². The summed E-state index contributed by atoms with van der Waals surface area (Å²) < 4.78 is 6.83. The lowest BCUT2D eigenvalue weighted by molar-refractivity contribution is -0.384. The van der Waals surface area contributed by atoms with Gasteiger partial charge in [0.15, 0.2) is 20.5 Å². The van der Waals surface area contributed by atoms with Gasteiger partial charge in [-0.05, 0) is 139 Å². The number of thiocarbonyl (C=S) groups is 2. The Hall–Kier alpha value is -7.94. The van der Waals surface area contributed by atoms with Crippen molar-refractivity contribution in [3.63, 3.8) is 0 Å². The molecule has 0 unspecified atom stereocenters. The summed E-state index contributed by atoms with van der Waals surface area (Å²) in [5, 5.41) is 20.7. The van der Waals surface area contributed by atoms with Crippen molar-refractivity contribution in [1.82, 2.24) is 20.2 Å². The van der Waals surface area contributed by atoms with Crippen LogP contribution in [0.3, 0.4) is 0 Å². The number of nitrogens with zero attached hydrogens (tertiary/aromatic N) is 10. The Morgan fingerprint density at radius 3 is 1.59 bits per heavy atom. The second-order valence-corrected chi connectivity index (χ2v) is 21.5. The molecule has 2 aromatic heterocycles. The van der Waals surface area contributed by atoms with Crippen molar-refractivity contribution in [2.75, 3.05) is 57.4 Å². The number of aromatic nitrogens is 2. The van der Waals surface area contributed by atoms with E-state index in [1.807, 2.05) is 43.3 Å². The standard InChI is InChI=1S/C26H17ClN6O5S2.C24H24ClN7O2S2/c1-26(2)22(34)31(15-6-10-19(28-3)18(27)12-15)25(39)32(26)16-7-11-21-20(13-16)29-23(40-21)30-24(35)38-17-8-4-14(5-9-17)33(36)37;1-24(2)20(33)31(14-6-8-17(26-3)16(25)12-14)23(35)32(24)15-7-9-19-18(13-15)28-22(36-19)29-21(34)27-10-11-30(4)5/h4-13H,1-2H3,(H,29,30,35);6-9,12-13H,10-11H2,1-2,4-5H3,(H2,27,28,29,34). The van der Waals surface area contributed by atoms with E-state index in [0.29, 0.717) is 56.3 Å². The molecule has 0 spiro atoms. The van der Waals surface area contributed by atoms with Gasteiger partial charge in [-0.2, -0.15) is 0 Å². The molecule has 2 aliphatic heterocycles. The summed E-state index contributed by atoms with van der Waals surface area (Å²) in [6.45, 7) is 22.7. The van der Waals surface area contributed by atoms with Crippen LogP contribution >= 0.6 is 70.3 Å². The fourth-order valence-corrected chi connectivity index (χ4v) is 11.1. The third-order valence-corrected chi connectivity index (χ3v) is 15.0. The van der Waals surface area contributed by atoms with Gasteiger partial charge in [0.1, 0.15) is 16.8 Å². The molecule has 2 aliphatic rings. The van der Waals surface area contributed by atoms with Crippen LogP contribution in [-0.2, 0) is 9.59 Å². The van der Waals surface area contributed by atoms with Crippen molar-refractivity contribution in [3.05, 3.63) is 140 Å². The number of carbonyl (C=O) groups is 4. The number of amides is 5. The largest absolute Gasteiger partial charge is 0.418 e. The zero-order valence-electron chi connectivity index (χ0n) is 40.9. The van der Waals surface area contributed by atoms with Gasteiger partial charge in [0, 0.05) is 46.6 Å². The smallest absolute Gasteiger partial charge is 0.410 e. The number of non-ortho nitro benzene ring substituents is 1. The molecule has 5 aromatic carbocycles. The first-order valence-electron chi connectivity index (χ1n) is 22.5. The van der Waals surface area contributed by atoms with E-state index in [1.54, 1.807) is 80.0 Å². The molecule has 7 aromatic rings. The Labute approximate surface area is 463 Å². The van der Waals surface area contributed by atoms with Crippen LogP contribution in [0.1, 0.15) is 27.7 Å². The molecule has 9 rings (SSSR count). The topological polar surface area (TPSA) is 207 Å². The van der Waals surface area contributed by atoms with E-state index in [2.05, 4.69) is 35.6 Å². The molecule has 76 heavy (non-hydrogen) atoms. The van der Waals surface area contributed by atoms with Crippen LogP contribution in [0, 0.1) is 23.3 Å². The molecule has 2 fully saturated rings. The summed E-state index contributed by atoms with van der Waals surface area (Å²) in [6.07, 6.45) is -0.806. The number of likely N-dealkylation sites (N-methyl/N-ethyl adjacent to an activating group) is 1. The highest BCUT2D eigenvalue weighted by Crippen LogP contribution is 2.42. The number of urea groups is 1. The van der Waals surface area contributed by atoms with Crippen molar-refractivity contribution >= 4 is 175 Å². The molecule has 26 heteroatoms. The van der Waals surface area contributed by atoms with Crippen LogP contribution in [0.5, 0.6) is 5.75 Å². The Morgan fingerprint density at radius 2 is 1.17 bits per heavy atom. The van der Waals surface area contributed by atoms with Crippen molar-refractivity contribution in [1.29, 1.82) is 0 Å². The monoisotopic (exact) mass is 1130 g/mol. The molecule has 0 saturated carbocycles. The number of halogens is 2. The third kappa shape index (κ3) is 10.9. The highest BCUT2D eigenvalue weighted by Gasteiger charge is 2.51. The quantitative estimate of drug-likeness (QED) is 0.0477. The van der Waals surface area contributed by atoms with E-state index in [-0.39, 0.29) is 55.3 Å². The molecule has 20 nitrogen and oxygen atoms in total. The van der Waals surface area contributed by atoms with Gasteiger partial charge < -0.3 is 24.8 Å². The average molecular weight is 1140 g/mol. The minimum absolute atomic E-state index is 0.123. The maximum absolute atomic E-state index is 13.5. The summed E-state index contributed by atoms with van der Waals surface area (Å²) >= 11 is 26.5. The summed E-state index contributed by atoms with van der Waals surface area (Å²) in [5.74, 6) is -0.344. The molecule has 0 bridgehead atoms. The minimum Gasteiger partial charge on any atom is -0.410 e. The predicted molar refractivity (Wildman–Crippen MR) is 306 cm³/mol. The molecule has 386 valence electrons. The van der Waals surface area contributed by atoms with E-state index in [0.717, 1.165) is 15.9 Å². The van der Waals surface area contributed by atoms with Crippen LogP contribution < -0.4 is 40.3 Å². The van der Waals surface area contributed by atoms with E-state index in [4.69, 9.17) is 65.5 Å². The summed E-state index contributed by atoms with van der Waals surface area (Å²) in [6, 6.07) is 25.3. The Bertz CT molecular complexity index is 3650. The molecule has 3 N–H and O–H groups in total. The summed E-state index contributed by atoms with van der Waals surface area (Å²) in [4.78, 5) is 85.7. The highest BCUT2D eigenvalue weighted by atomic mass is 35.5. The normalized spacial score (nSPS) is 14.7. The predicted octanol–water partition coefficient (Wildman–Crippen LogP) is 12.0. The second kappa shape index (κ2) is 21.7. The lowest BCUT2D eigenvalue weighted by Gasteiger charge is -2.29. The number of nitro benzene ring substituents is 1. The lowest BCUT2D eigenvalue weighted by atomic mass is 10.0. The highest BCUT2D eigenvalue weighted by molar-refractivity contribution is 7.81. The Kier molecular flexibility index (Phi) is 15.5. The number of nitrogens with one attached hydrogen (secondary N) is 3. The third-order valence-electron chi connectivity index (χ3n) is 11.7. The molecule has 0 atom stereocenters. The number of anilines is 6. The number of hydrogen-bond acceptors (Lipinski definition) is 14. The van der Waals surface area contributed by atoms with Gasteiger partial charge in [-0.1, -0.05) is 58.0 Å². The van der Waals surface area contributed by atoms with Gasteiger partial charge in [-0.3, -0.25) is 40.1 Å². The molecule has 0 aliphatic carbocycles. The lowest BCUT2D eigenvalue weighted by Crippen LogP contribution is -2.44. The van der Waals surface area contributed by atoms with Crippen molar-refractivity contribution in [2.24, 2.45) is 0 Å². The zero-order chi connectivity index (χ0) is 55.0. The number of hydrogen-bond donors (Lipinski definition) is 3. The molecule has 4 heterocycles. The number of thiazole rings is 2. The second-order valence-electron chi connectivity index (χ2n) is 17.9. The van der Waals surface area contributed by atoms with Gasteiger partial charge >= 0.3 is 12.1 Å². The summed E-state index contributed by atoms with van der Waals surface area (Å²) in [7, 11) is 3.87. The average Bonchev–Trinajstić information content (AvgIpc) is 4.10. The molecular weight excluding hydrogens is 1090 g/mol. The zero-order valence-corrected chi connectivity index (χ0v) is 45.6. The molecular formula is C50H41Cl2N13O7S4. The number of ether oxygens (including phenoxy) is 1. The number of nitro groups is 1. The van der Waals surface area contributed by atoms with Gasteiger partial charge in [-0.25, -0.2) is 29.2 Å². The Morgan fingerprint density at radius 1 is 0.724 bits per heavy atom. The van der Waals surface area contributed by atoms with Crippen LogP contribution in [0.4, 0.5) is 59.7 Å². The minimum atomic E-state index is -1.04. The fourth-order valence-electron chi connectivity index (χ4n) is 7.97. The van der Waals surface area contributed by atoms with E-state index in [1.165, 1.54) is 62.8 Å². The number of carbonyl (C=O) groups excluding carboxylic acids is 4. The maximum atomic E-state index is 13.5. The first kappa shape index (κ1) is 54.3. The maximum Gasteiger partial charge on any atom is 0.418 e. The van der Waals surface area contributed by atoms with Crippen molar-refractivity contribution in [2.45, 2.75) is 38.8 Å². The molecule has 5 amide bonds. The fraction of sp³-hybridized carbons (Fsp3) is 0.200. The van der Waals surface area contributed by atoms with Gasteiger partial charge in [0.2, 0.25) is 11.4 Å². The van der Waals surface area contributed by atoms with Gasteiger partial charge in [-0.15, -0.1) is 0 Å². The van der Waals surface area contributed by atoms with Gasteiger partial charge in [0.25, 0.3) is 17.5 Å². The number of fused-ring (bicyclic) bond motifs is 2. The van der Waals surface area contributed by atoms with Crippen LogP contribution in [0.25, 0.3) is 30.1 Å². The summed E-state index contributed by atoms with van der Waals surface area (Å²) in [5.41, 5.74) is 1.94. The number of benzene rings is 5. The van der Waals surface area contributed by atoms with E-state index in [9.17, 15) is 29.3 Å². The first-order chi connectivity index (χ1) is 36.0. The van der Waals surface area contributed by atoms with E-state index < -0.39 is 22.1 Å². The van der Waals surface area contributed by atoms with Crippen LogP contribution in [0.2, 0.25) is 10.0 Å². The Balaban J connectivity index is 0.000000203. The van der Waals surface area contributed by atoms with Gasteiger partial charge in [0.05, 0.1) is 49.9 Å². The number of rotatable bonds is 11. The molecule has 2 saturated heterocycles. The van der Waals surface area contributed by atoms with E-state index >= 15 is 0 Å². The SMILES string of the molecule is [C-]#[N+]c1ccc(N2C(=O)C(C)(C)N(c3ccc4sc(NC(=O)NCCN(C)C)nc4c3)C2=S)cc1Cl.[C-]#[N+]c1ccc(N2C(=O)C(C)(C)N(c3ccc4sc(NC(=O)Oc5ccc([N+](=O)[O-])cc5)nc4c3)C2=S)cc1Cl. The van der Waals surface area contributed by atoms with Crippen LogP contribution in [0.15, 0.2) is 97.1 Å². The molecule has 0 radical (unpaired) electrons. The van der Waals surface area contributed by atoms with Crippen molar-refractivity contribution < 1.29 is 28.8 Å². The first-order valence-corrected chi connectivity index (χ1v) is 25.7. The van der Waals surface area contributed by atoms with Crippen LogP contribution in [-0.4, -0.2) is 92.2 Å².